The van der Waals surface area contributed by atoms with E-state index in [0.29, 0.717) is 0 Å². The molecule has 18 heavy (non-hydrogen) atoms. The van der Waals surface area contributed by atoms with Gasteiger partial charge in [-0.25, -0.2) is 0 Å². The predicted octanol–water partition coefficient (Wildman–Crippen LogP) is 4.75. The highest BCUT2D eigenvalue weighted by Gasteiger charge is 2.23. The number of benzene rings is 1. The molecule has 2 nitrogen and oxygen atoms in total. The lowest BCUT2D eigenvalue weighted by Crippen LogP contribution is -2.27. The molecular formula is C14H19BrN2S. The summed E-state index contributed by atoms with van der Waals surface area (Å²) in [4.78, 5) is 4.77. The summed E-state index contributed by atoms with van der Waals surface area (Å²) in [6, 6.07) is 4.27. The Bertz CT molecular complexity index is 472. The van der Waals surface area contributed by atoms with E-state index in [1.54, 1.807) is 0 Å². The molecule has 0 aliphatic carbocycles. The van der Waals surface area contributed by atoms with E-state index in [9.17, 15) is 0 Å². The number of rotatable bonds is 1. The maximum absolute atomic E-state index is 4.77. The SMILES string of the molecule is Cc1cc(Br)cc(C)c1NC1=NC(C)(C)CCS1. The lowest BCUT2D eigenvalue weighted by molar-refractivity contribution is 0.507. The number of thioether (sulfide) groups is 1. The molecule has 1 aromatic carbocycles. The van der Waals surface area contributed by atoms with Crippen LogP contribution in [0.25, 0.3) is 0 Å². The van der Waals surface area contributed by atoms with Crippen molar-refractivity contribution >= 4 is 38.5 Å². The van der Waals surface area contributed by atoms with Crippen molar-refractivity contribution in [1.29, 1.82) is 0 Å². The van der Waals surface area contributed by atoms with E-state index < -0.39 is 0 Å². The highest BCUT2D eigenvalue weighted by molar-refractivity contribution is 9.10. The molecule has 4 heteroatoms. The van der Waals surface area contributed by atoms with Crippen LogP contribution in [0.2, 0.25) is 0 Å². The zero-order chi connectivity index (χ0) is 13.3. The van der Waals surface area contributed by atoms with Gasteiger partial charge in [-0.15, -0.1) is 0 Å². The average Bonchev–Trinajstić information content (AvgIpc) is 2.22. The minimum atomic E-state index is 0.0603. The summed E-state index contributed by atoms with van der Waals surface area (Å²) in [6.45, 7) is 8.63. The maximum atomic E-state index is 4.77. The molecule has 0 saturated carbocycles. The van der Waals surface area contributed by atoms with E-state index in [1.165, 1.54) is 16.8 Å². The number of amidine groups is 1. The van der Waals surface area contributed by atoms with Crippen LogP contribution in [0.5, 0.6) is 0 Å². The monoisotopic (exact) mass is 326 g/mol. The van der Waals surface area contributed by atoms with Crippen molar-refractivity contribution in [3.8, 4) is 0 Å². The van der Waals surface area contributed by atoms with Crippen LogP contribution in [-0.2, 0) is 0 Å². The molecule has 1 aliphatic rings. The van der Waals surface area contributed by atoms with Gasteiger partial charge in [0.05, 0.1) is 5.54 Å². The molecule has 0 fully saturated rings. The van der Waals surface area contributed by atoms with Crippen molar-refractivity contribution in [1.82, 2.24) is 0 Å². The second-order valence-corrected chi connectivity index (χ2v) is 7.37. The Kier molecular flexibility index (Phi) is 4.07. The van der Waals surface area contributed by atoms with Gasteiger partial charge in [0.2, 0.25) is 0 Å². The van der Waals surface area contributed by atoms with Gasteiger partial charge in [-0.3, -0.25) is 4.99 Å². The molecule has 1 aromatic rings. The van der Waals surface area contributed by atoms with Crippen molar-refractivity contribution < 1.29 is 0 Å². The Labute approximate surface area is 122 Å². The molecule has 0 amide bonds. The van der Waals surface area contributed by atoms with Gasteiger partial charge in [-0.05, 0) is 57.4 Å². The summed E-state index contributed by atoms with van der Waals surface area (Å²) in [5.74, 6) is 1.13. The lowest BCUT2D eigenvalue weighted by atomic mass is 10.0. The number of nitrogens with one attached hydrogen (secondary N) is 1. The zero-order valence-electron chi connectivity index (χ0n) is 11.3. The molecule has 0 bridgehead atoms. The molecule has 1 aliphatic heterocycles. The first-order chi connectivity index (χ1) is 8.37. The Balaban J connectivity index is 2.27. The number of hydrogen-bond donors (Lipinski definition) is 1. The number of nitrogens with zero attached hydrogens (tertiary/aromatic N) is 1. The van der Waals surface area contributed by atoms with Gasteiger partial charge in [-0.1, -0.05) is 27.7 Å². The van der Waals surface area contributed by atoms with Crippen LogP contribution in [0.4, 0.5) is 5.69 Å². The van der Waals surface area contributed by atoms with E-state index in [4.69, 9.17) is 4.99 Å². The minimum absolute atomic E-state index is 0.0603. The number of aliphatic imine (C=N–C) groups is 1. The first-order valence-electron chi connectivity index (χ1n) is 6.14. The molecule has 0 saturated heterocycles. The largest absolute Gasteiger partial charge is 0.335 e. The zero-order valence-corrected chi connectivity index (χ0v) is 13.7. The Hall–Kier alpha value is -0.480. The van der Waals surface area contributed by atoms with Crippen LogP contribution in [0, 0.1) is 13.8 Å². The predicted molar refractivity (Wildman–Crippen MR) is 85.8 cm³/mol. The molecule has 1 heterocycles. The first kappa shape index (κ1) is 13.9. The molecule has 0 unspecified atom stereocenters. The van der Waals surface area contributed by atoms with Gasteiger partial charge in [0.15, 0.2) is 5.17 Å². The van der Waals surface area contributed by atoms with Crippen molar-refractivity contribution in [2.75, 3.05) is 11.1 Å². The van der Waals surface area contributed by atoms with Gasteiger partial charge in [0.1, 0.15) is 0 Å². The molecule has 0 radical (unpaired) electrons. The summed E-state index contributed by atoms with van der Waals surface area (Å²) in [5.41, 5.74) is 3.73. The second kappa shape index (κ2) is 5.25. The fourth-order valence-electron chi connectivity index (χ4n) is 2.04. The Morgan fingerprint density at radius 3 is 2.44 bits per heavy atom. The highest BCUT2D eigenvalue weighted by Crippen LogP contribution is 2.30. The third-order valence-corrected chi connectivity index (χ3v) is 4.42. The molecule has 1 N–H and O–H groups in total. The molecule has 0 spiro atoms. The van der Waals surface area contributed by atoms with Gasteiger partial charge in [-0.2, -0.15) is 0 Å². The van der Waals surface area contributed by atoms with Crippen molar-refractivity contribution in [2.45, 2.75) is 39.7 Å². The van der Waals surface area contributed by atoms with Crippen LogP contribution in [0.1, 0.15) is 31.4 Å². The molecule has 0 atom stereocenters. The van der Waals surface area contributed by atoms with Gasteiger partial charge in [0, 0.05) is 15.9 Å². The smallest absolute Gasteiger partial charge is 0.161 e. The van der Waals surface area contributed by atoms with Gasteiger partial charge in [0.25, 0.3) is 0 Å². The van der Waals surface area contributed by atoms with Gasteiger partial charge < -0.3 is 5.32 Å². The van der Waals surface area contributed by atoms with Crippen molar-refractivity contribution in [3.63, 3.8) is 0 Å². The fraction of sp³-hybridized carbons (Fsp3) is 0.500. The standard InChI is InChI=1S/C14H19BrN2S/c1-9-7-11(15)8-10(2)12(9)16-13-17-14(3,4)5-6-18-13/h7-8H,5-6H2,1-4H3,(H,16,17). The van der Waals surface area contributed by atoms with Crippen LogP contribution in [0.15, 0.2) is 21.6 Å². The quantitative estimate of drug-likeness (QED) is 0.805. The molecular weight excluding hydrogens is 308 g/mol. The number of halogens is 1. The number of anilines is 1. The summed E-state index contributed by atoms with van der Waals surface area (Å²) in [6.07, 6.45) is 1.14. The van der Waals surface area contributed by atoms with Crippen molar-refractivity contribution in [2.24, 2.45) is 4.99 Å². The summed E-state index contributed by atoms with van der Waals surface area (Å²) < 4.78 is 1.13. The number of hydrogen-bond acceptors (Lipinski definition) is 3. The fourth-order valence-corrected chi connectivity index (χ4v) is 4.01. The van der Waals surface area contributed by atoms with E-state index in [2.05, 4.69) is 61.1 Å². The molecule has 98 valence electrons. The second-order valence-electron chi connectivity index (χ2n) is 5.37. The third-order valence-electron chi connectivity index (χ3n) is 3.09. The minimum Gasteiger partial charge on any atom is -0.335 e. The first-order valence-corrected chi connectivity index (χ1v) is 7.92. The number of aryl methyl sites for hydroxylation is 2. The summed E-state index contributed by atoms with van der Waals surface area (Å²) in [5, 5.41) is 4.53. The van der Waals surface area contributed by atoms with Gasteiger partial charge >= 0.3 is 0 Å². The highest BCUT2D eigenvalue weighted by atomic mass is 79.9. The third kappa shape index (κ3) is 3.29. The van der Waals surface area contributed by atoms with E-state index in [-0.39, 0.29) is 5.54 Å². The van der Waals surface area contributed by atoms with Crippen LogP contribution >= 0.6 is 27.7 Å². The molecule has 2 rings (SSSR count). The maximum Gasteiger partial charge on any atom is 0.161 e. The van der Waals surface area contributed by atoms with Crippen LogP contribution < -0.4 is 5.32 Å². The van der Waals surface area contributed by atoms with Crippen LogP contribution in [0.3, 0.4) is 0 Å². The Morgan fingerprint density at radius 1 is 1.28 bits per heavy atom. The average molecular weight is 327 g/mol. The molecule has 0 aromatic heterocycles. The summed E-state index contributed by atoms with van der Waals surface area (Å²) in [7, 11) is 0. The Morgan fingerprint density at radius 2 is 1.89 bits per heavy atom. The van der Waals surface area contributed by atoms with E-state index in [0.717, 1.165) is 21.8 Å². The van der Waals surface area contributed by atoms with Crippen molar-refractivity contribution in [3.05, 3.63) is 27.7 Å². The van der Waals surface area contributed by atoms with Crippen LogP contribution in [-0.4, -0.2) is 16.5 Å². The van der Waals surface area contributed by atoms with E-state index >= 15 is 0 Å². The topological polar surface area (TPSA) is 24.4 Å². The normalized spacial score (nSPS) is 18.4. The summed E-state index contributed by atoms with van der Waals surface area (Å²) >= 11 is 5.34. The van der Waals surface area contributed by atoms with E-state index in [1.807, 2.05) is 11.8 Å². The lowest BCUT2D eigenvalue weighted by Gasteiger charge is -2.27.